The van der Waals surface area contributed by atoms with Crippen LogP contribution in [0.3, 0.4) is 0 Å². The minimum absolute atomic E-state index is 0.114. The van der Waals surface area contributed by atoms with Crippen molar-refractivity contribution in [2.75, 3.05) is 49.3 Å². The smallest absolute Gasteiger partial charge is 0.271 e. The third-order valence-electron chi connectivity index (χ3n) is 6.05. The van der Waals surface area contributed by atoms with E-state index in [1.807, 2.05) is 43.3 Å². The number of carbonyl (C=O) groups excluding carboxylic acids is 3. The molecule has 1 aliphatic rings. The Hall–Kier alpha value is -3.86. The second kappa shape index (κ2) is 12.8. The number of aromatic amines is 1. The monoisotopic (exact) mass is 569 g/mol. The molecule has 3 aromatic rings. The van der Waals surface area contributed by atoms with Crippen LogP contribution in [0.15, 0.2) is 60.8 Å². The Labute approximate surface area is 236 Å². The van der Waals surface area contributed by atoms with Crippen LogP contribution in [0, 0.1) is 0 Å². The second-order valence-electron chi connectivity index (χ2n) is 9.32. The summed E-state index contributed by atoms with van der Waals surface area (Å²) in [5.74, 6) is -1.14. The lowest BCUT2D eigenvalue weighted by atomic mass is 10.2. The van der Waals surface area contributed by atoms with Gasteiger partial charge in [0.2, 0.25) is 5.91 Å². The predicted molar refractivity (Wildman–Crippen MR) is 154 cm³/mol. The molecule has 1 aromatic heterocycles. The van der Waals surface area contributed by atoms with Crippen LogP contribution in [0.2, 0.25) is 10.0 Å². The number of amides is 3. The lowest BCUT2D eigenvalue weighted by Gasteiger charge is -2.20. The van der Waals surface area contributed by atoms with Gasteiger partial charge in [-0.25, -0.2) is 0 Å². The quantitative estimate of drug-likeness (QED) is 0.288. The number of anilines is 3. The lowest BCUT2D eigenvalue weighted by molar-refractivity contribution is -0.111. The van der Waals surface area contributed by atoms with E-state index in [1.165, 1.54) is 12.3 Å². The molecule has 12 heteroatoms. The minimum Gasteiger partial charge on any atom is -0.369 e. The van der Waals surface area contributed by atoms with Crippen molar-refractivity contribution in [3.05, 3.63) is 82.1 Å². The SMILES string of the molecule is CN(C)C/C=C/C(=O)Nc1cccc(N2CC[C@H](NC(=O)c3[nH]ncc3NC(=O)c3c(Cl)cccc3Cl)C2)c1. The van der Waals surface area contributed by atoms with Gasteiger partial charge < -0.3 is 25.8 Å². The molecule has 0 saturated carbocycles. The van der Waals surface area contributed by atoms with Crippen molar-refractivity contribution < 1.29 is 14.4 Å². The van der Waals surface area contributed by atoms with Gasteiger partial charge in [-0.1, -0.05) is 41.4 Å². The number of benzene rings is 2. The lowest BCUT2D eigenvalue weighted by Crippen LogP contribution is -2.37. The molecule has 2 aromatic carbocycles. The summed E-state index contributed by atoms with van der Waals surface area (Å²) in [5.41, 5.74) is 2.08. The van der Waals surface area contributed by atoms with Crippen LogP contribution < -0.4 is 20.9 Å². The molecule has 204 valence electrons. The number of halogens is 2. The number of rotatable bonds is 9. The molecule has 1 aliphatic heterocycles. The first-order chi connectivity index (χ1) is 18.7. The van der Waals surface area contributed by atoms with Crippen molar-refractivity contribution in [2.45, 2.75) is 12.5 Å². The van der Waals surface area contributed by atoms with Gasteiger partial charge in [-0.2, -0.15) is 5.10 Å². The highest BCUT2D eigenvalue weighted by Crippen LogP contribution is 2.27. The van der Waals surface area contributed by atoms with Crippen LogP contribution in [-0.2, 0) is 4.79 Å². The molecule has 2 heterocycles. The summed E-state index contributed by atoms with van der Waals surface area (Å²) in [6.07, 6.45) is 5.40. The number of H-pyrrole nitrogens is 1. The van der Waals surface area contributed by atoms with Gasteiger partial charge in [-0.15, -0.1) is 0 Å². The zero-order valence-corrected chi connectivity index (χ0v) is 23.0. The van der Waals surface area contributed by atoms with Crippen LogP contribution >= 0.6 is 23.2 Å². The van der Waals surface area contributed by atoms with E-state index >= 15 is 0 Å². The standard InChI is InChI=1S/C27H29Cl2N7O3/c1-35(2)12-5-10-23(37)31-17-6-3-7-19(14-17)36-13-11-18(16-36)32-27(39)25-22(15-30-34-25)33-26(38)24-20(28)8-4-9-21(24)29/h3-10,14-15,18H,11-13,16H2,1-2H3,(H,30,34)(H,31,37)(H,32,39)(H,33,38)/b10-5+/t18-/m0/s1. The van der Waals surface area contributed by atoms with E-state index in [0.29, 0.717) is 18.8 Å². The van der Waals surface area contributed by atoms with Gasteiger partial charge in [0, 0.05) is 43.1 Å². The summed E-state index contributed by atoms with van der Waals surface area (Å²) in [7, 11) is 3.86. The maximum absolute atomic E-state index is 13.0. The maximum atomic E-state index is 13.0. The van der Waals surface area contributed by atoms with Gasteiger partial charge in [0.05, 0.1) is 27.5 Å². The van der Waals surface area contributed by atoms with Gasteiger partial charge >= 0.3 is 0 Å². The van der Waals surface area contributed by atoms with Gasteiger partial charge in [0.1, 0.15) is 5.69 Å². The average Bonchev–Trinajstić information content (AvgIpc) is 3.53. The zero-order chi connectivity index (χ0) is 27.9. The van der Waals surface area contributed by atoms with Crippen LogP contribution in [-0.4, -0.2) is 72.6 Å². The summed E-state index contributed by atoms with van der Waals surface area (Å²) in [6, 6.07) is 12.2. The summed E-state index contributed by atoms with van der Waals surface area (Å²) in [5, 5.41) is 15.5. The first kappa shape index (κ1) is 28.2. The molecule has 0 spiro atoms. The number of likely N-dealkylation sites (N-methyl/N-ethyl adjacent to an activating group) is 1. The van der Waals surface area contributed by atoms with E-state index in [4.69, 9.17) is 23.2 Å². The molecule has 1 atom stereocenters. The second-order valence-corrected chi connectivity index (χ2v) is 10.1. The summed E-state index contributed by atoms with van der Waals surface area (Å²) < 4.78 is 0. The van der Waals surface area contributed by atoms with Gasteiger partial charge in [0.25, 0.3) is 11.8 Å². The van der Waals surface area contributed by atoms with E-state index in [1.54, 1.807) is 24.3 Å². The Morgan fingerprint density at radius 3 is 2.59 bits per heavy atom. The van der Waals surface area contributed by atoms with Crippen LogP contribution in [0.1, 0.15) is 27.3 Å². The van der Waals surface area contributed by atoms with Crippen molar-refractivity contribution in [2.24, 2.45) is 0 Å². The first-order valence-electron chi connectivity index (χ1n) is 12.3. The summed E-state index contributed by atoms with van der Waals surface area (Å²) in [6.45, 7) is 1.98. The fraction of sp³-hybridized carbons (Fsp3) is 0.259. The highest BCUT2D eigenvalue weighted by Gasteiger charge is 2.27. The highest BCUT2D eigenvalue weighted by atomic mass is 35.5. The van der Waals surface area contributed by atoms with E-state index in [-0.39, 0.29) is 38.9 Å². The molecule has 4 rings (SSSR count). The highest BCUT2D eigenvalue weighted by molar-refractivity contribution is 6.40. The molecule has 0 unspecified atom stereocenters. The van der Waals surface area contributed by atoms with E-state index in [9.17, 15) is 14.4 Å². The van der Waals surface area contributed by atoms with Crippen molar-refractivity contribution in [3.8, 4) is 0 Å². The fourth-order valence-corrected chi connectivity index (χ4v) is 4.73. The van der Waals surface area contributed by atoms with E-state index < -0.39 is 11.8 Å². The van der Waals surface area contributed by atoms with Crippen molar-refractivity contribution in [3.63, 3.8) is 0 Å². The summed E-state index contributed by atoms with van der Waals surface area (Å²) in [4.78, 5) is 42.1. The molecule has 3 amide bonds. The zero-order valence-electron chi connectivity index (χ0n) is 21.5. The van der Waals surface area contributed by atoms with Gasteiger partial charge in [0.15, 0.2) is 0 Å². The molecule has 0 radical (unpaired) electrons. The Morgan fingerprint density at radius 1 is 1.10 bits per heavy atom. The van der Waals surface area contributed by atoms with Crippen molar-refractivity contribution in [1.29, 1.82) is 0 Å². The molecule has 1 saturated heterocycles. The Morgan fingerprint density at radius 2 is 1.85 bits per heavy atom. The van der Waals surface area contributed by atoms with Gasteiger partial charge in [-0.05, 0) is 50.8 Å². The van der Waals surface area contributed by atoms with Crippen LogP contribution in [0.5, 0.6) is 0 Å². The minimum atomic E-state index is -0.548. The van der Waals surface area contributed by atoms with E-state index in [2.05, 4.69) is 31.0 Å². The molecule has 0 bridgehead atoms. The molecular weight excluding hydrogens is 541 g/mol. The third-order valence-corrected chi connectivity index (χ3v) is 6.68. The number of carbonyl (C=O) groups is 3. The Balaban J connectivity index is 1.34. The predicted octanol–water partition coefficient (Wildman–Crippen LogP) is 4.03. The topological polar surface area (TPSA) is 122 Å². The largest absolute Gasteiger partial charge is 0.369 e. The molecule has 0 aliphatic carbocycles. The fourth-order valence-electron chi connectivity index (χ4n) is 4.16. The molecule has 39 heavy (non-hydrogen) atoms. The number of hydrogen-bond acceptors (Lipinski definition) is 6. The van der Waals surface area contributed by atoms with Crippen LogP contribution in [0.4, 0.5) is 17.1 Å². The molecule has 10 nitrogen and oxygen atoms in total. The molecule has 1 fully saturated rings. The maximum Gasteiger partial charge on any atom is 0.271 e. The number of nitrogens with zero attached hydrogens (tertiary/aromatic N) is 3. The number of hydrogen-bond donors (Lipinski definition) is 4. The molecule has 4 N–H and O–H groups in total. The van der Waals surface area contributed by atoms with Crippen molar-refractivity contribution in [1.82, 2.24) is 20.4 Å². The Kier molecular flexibility index (Phi) is 9.23. The number of nitrogens with one attached hydrogen (secondary N) is 4. The number of aromatic nitrogens is 2. The average molecular weight is 570 g/mol. The van der Waals surface area contributed by atoms with Crippen LogP contribution in [0.25, 0.3) is 0 Å². The normalized spacial score (nSPS) is 15.1. The third kappa shape index (κ3) is 7.38. The summed E-state index contributed by atoms with van der Waals surface area (Å²) >= 11 is 12.3. The van der Waals surface area contributed by atoms with Crippen molar-refractivity contribution >= 4 is 58.0 Å². The van der Waals surface area contributed by atoms with Gasteiger partial charge in [-0.3, -0.25) is 19.5 Å². The first-order valence-corrected chi connectivity index (χ1v) is 13.0. The Bertz CT molecular complexity index is 1370. The van der Waals surface area contributed by atoms with E-state index in [0.717, 1.165) is 18.7 Å². The molecular formula is C27H29Cl2N7O3.